The van der Waals surface area contributed by atoms with Crippen LogP contribution in [-0.2, 0) is 4.79 Å². The third-order valence-electron chi connectivity index (χ3n) is 2.21. The van der Waals surface area contributed by atoms with Gasteiger partial charge in [0.1, 0.15) is 5.88 Å². The highest BCUT2D eigenvalue weighted by molar-refractivity contribution is 6.28. The van der Waals surface area contributed by atoms with Crippen molar-refractivity contribution < 1.29 is 9.59 Å². The first-order chi connectivity index (χ1) is 8.02. The van der Waals surface area contributed by atoms with E-state index in [1.54, 1.807) is 12.1 Å². The molecule has 0 radical (unpaired) electrons. The van der Waals surface area contributed by atoms with Gasteiger partial charge in [0.25, 0.3) is 0 Å². The Kier molecular flexibility index (Phi) is 4.97. The number of rotatable bonds is 3. The van der Waals surface area contributed by atoms with Gasteiger partial charge in [-0.3, -0.25) is 10.1 Å². The van der Waals surface area contributed by atoms with Crippen molar-refractivity contribution in [3.8, 4) is 0 Å². The molecule has 92 valence electrons. The first-order valence-electron chi connectivity index (χ1n) is 5.29. The van der Waals surface area contributed by atoms with E-state index in [-0.39, 0.29) is 5.88 Å². The predicted molar refractivity (Wildman–Crippen MR) is 68.4 cm³/mol. The van der Waals surface area contributed by atoms with Crippen molar-refractivity contribution in [2.45, 2.75) is 19.8 Å². The van der Waals surface area contributed by atoms with Gasteiger partial charge in [0.05, 0.1) is 0 Å². The second-order valence-corrected chi connectivity index (χ2v) is 4.18. The number of halogens is 1. The van der Waals surface area contributed by atoms with Crippen LogP contribution in [0.2, 0.25) is 0 Å². The van der Waals surface area contributed by atoms with Crippen LogP contribution >= 0.6 is 11.6 Å². The van der Waals surface area contributed by atoms with Crippen molar-refractivity contribution in [2.24, 2.45) is 0 Å². The number of benzene rings is 1. The number of anilines is 1. The largest absolute Gasteiger partial charge is 0.325 e. The number of urea groups is 1. The molecule has 0 aliphatic rings. The summed E-state index contributed by atoms with van der Waals surface area (Å²) in [6.07, 6.45) is 0. The fourth-order valence-corrected chi connectivity index (χ4v) is 1.34. The average molecular weight is 255 g/mol. The Morgan fingerprint density at radius 3 is 2.29 bits per heavy atom. The molecule has 0 saturated heterocycles. The van der Waals surface area contributed by atoms with E-state index in [0.29, 0.717) is 11.6 Å². The molecule has 3 amide bonds. The zero-order valence-electron chi connectivity index (χ0n) is 9.79. The van der Waals surface area contributed by atoms with Crippen LogP contribution in [-0.4, -0.2) is 17.8 Å². The number of imide groups is 1. The molecule has 1 rings (SSSR count). The van der Waals surface area contributed by atoms with Crippen molar-refractivity contribution in [3.63, 3.8) is 0 Å². The summed E-state index contributed by atoms with van der Waals surface area (Å²) in [7, 11) is 0. The minimum absolute atomic E-state index is 0.236. The molecule has 0 aliphatic carbocycles. The van der Waals surface area contributed by atoms with Crippen LogP contribution in [0.15, 0.2) is 24.3 Å². The highest BCUT2D eigenvalue weighted by Gasteiger charge is 2.06. The van der Waals surface area contributed by atoms with Gasteiger partial charge in [0.15, 0.2) is 0 Å². The van der Waals surface area contributed by atoms with Gasteiger partial charge in [-0.2, -0.15) is 0 Å². The fourth-order valence-electron chi connectivity index (χ4n) is 1.27. The molecule has 4 nitrogen and oxygen atoms in total. The quantitative estimate of drug-likeness (QED) is 0.815. The Labute approximate surface area is 105 Å². The summed E-state index contributed by atoms with van der Waals surface area (Å²) in [6, 6.07) is 6.88. The molecule has 1 aromatic carbocycles. The number of alkyl halides is 1. The van der Waals surface area contributed by atoms with E-state index >= 15 is 0 Å². The number of carbonyl (C=O) groups excluding carboxylic acids is 2. The molecule has 17 heavy (non-hydrogen) atoms. The SMILES string of the molecule is CC(C)c1ccc(NC(=O)NC(=O)CCl)cc1. The minimum Gasteiger partial charge on any atom is -0.308 e. The van der Waals surface area contributed by atoms with Crippen molar-refractivity contribution in [3.05, 3.63) is 29.8 Å². The highest BCUT2D eigenvalue weighted by Crippen LogP contribution is 2.16. The normalized spacial score (nSPS) is 10.1. The van der Waals surface area contributed by atoms with Crippen molar-refractivity contribution >= 4 is 29.2 Å². The van der Waals surface area contributed by atoms with Crippen molar-refractivity contribution in [1.82, 2.24) is 5.32 Å². The van der Waals surface area contributed by atoms with Gasteiger partial charge in [-0.1, -0.05) is 26.0 Å². The second-order valence-electron chi connectivity index (χ2n) is 3.91. The van der Waals surface area contributed by atoms with Gasteiger partial charge in [-0.05, 0) is 23.6 Å². The number of hydrogen-bond acceptors (Lipinski definition) is 2. The van der Waals surface area contributed by atoms with Gasteiger partial charge in [-0.15, -0.1) is 11.6 Å². The molecular weight excluding hydrogens is 240 g/mol. The number of carbonyl (C=O) groups is 2. The summed E-state index contributed by atoms with van der Waals surface area (Å²) in [5, 5.41) is 4.64. The molecule has 0 aromatic heterocycles. The summed E-state index contributed by atoms with van der Waals surface area (Å²) < 4.78 is 0. The molecule has 0 unspecified atom stereocenters. The Hall–Kier alpha value is -1.55. The second kappa shape index (κ2) is 6.25. The van der Waals surface area contributed by atoms with E-state index in [9.17, 15) is 9.59 Å². The van der Waals surface area contributed by atoms with Crippen LogP contribution in [0.5, 0.6) is 0 Å². The van der Waals surface area contributed by atoms with Crippen molar-refractivity contribution in [1.29, 1.82) is 0 Å². The third-order valence-corrected chi connectivity index (χ3v) is 2.45. The predicted octanol–water partition coefficient (Wildman–Crippen LogP) is 2.70. The smallest absolute Gasteiger partial charge is 0.308 e. The van der Waals surface area contributed by atoms with Crippen LogP contribution in [0.25, 0.3) is 0 Å². The molecule has 0 aliphatic heterocycles. The van der Waals surface area contributed by atoms with E-state index in [0.717, 1.165) is 0 Å². The zero-order chi connectivity index (χ0) is 12.8. The van der Waals surface area contributed by atoms with Crippen LogP contribution in [0.4, 0.5) is 10.5 Å². The average Bonchev–Trinajstić information content (AvgIpc) is 2.29. The maximum atomic E-state index is 11.3. The van der Waals surface area contributed by atoms with Crippen molar-refractivity contribution in [2.75, 3.05) is 11.2 Å². The lowest BCUT2D eigenvalue weighted by Crippen LogP contribution is -2.35. The van der Waals surface area contributed by atoms with Gasteiger partial charge in [0, 0.05) is 5.69 Å². The lowest BCUT2D eigenvalue weighted by atomic mass is 10.0. The first-order valence-corrected chi connectivity index (χ1v) is 5.83. The molecule has 5 heteroatoms. The third kappa shape index (κ3) is 4.44. The van der Waals surface area contributed by atoms with Crippen LogP contribution in [0, 0.1) is 0 Å². The minimum atomic E-state index is -0.576. The standard InChI is InChI=1S/C12H15ClN2O2/c1-8(2)9-3-5-10(6-4-9)14-12(17)15-11(16)7-13/h3-6,8H,7H2,1-2H3,(H2,14,15,16,17). The Balaban J connectivity index is 2.57. The highest BCUT2D eigenvalue weighted by atomic mass is 35.5. The van der Waals surface area contributed by atoms with Gasteiger partial charge in [-0.25, -0.2) is 4.79 Å². The van der Waals surface area contributed by atoms with Crippen LogP contribution < -0.4 is 10.6 Å². The maximum Gasteiger partial charge on any atom is 0.325 e. The summed E-state index contributed by atoms with van der Waals surface area (Å²) >= 11 is 5.26. The molecular formula is C12H15ClN2O2. The molecule has 0 fully saturated rings. The molecule has 0 heterocycles. The molecule has 2 N–H and O–H groups in total. The summed E-state index contributed by atoms with van der Waals surface area (Å²) in [5.41, 5.74) is 1.82. The number of amides is 3. The van der Waals surface area contributed by atoms with E-state index < -0.39 is 11.9 Å². The van der Waals surface area contributed by atoms with E-state index in [4.69, 9.17) is 11.6 Å². The Morgan fingerprint density at radius 2 is 1.82 bits per heavy atom. The summed E-state index contributed by atoms with van der Waals surface area (Å²) in [5.74, 6) is -0.321. The monoisotopic (exact) mass is 254 g/mol. The summed E-state index contributed by atoms with van der Waals surface area (Å²) in [4.78, 5) is 22.2. The van der Waals surface area contributed by atoms with Gasteiger partial charge in [0.2, 0.25) is 5.91 Å². The maximum absolute atomic E-state index is 11.3. The fraction of sp³-hybridized carbons (Fsp3) is 0.333. The molecule has 0 spiro atoms. The van der Waals surface area contributed by atoms with Gasteiger partial charge < -0.3 is 5.32 Å². The first kappa shape index (κ1) is 13.5. The number of hydrogen-bond donors (Lipinski definition) is 2. The Bertz CT molecular complexity index is 401. The topological polar surface area (TPSA) is 58.2 Å². The summed E-state index contributed by atoms with van der Waals surface area (Å²) in [6.45, 7) is 4.18. The molecule has 0 bridgehead atoms. The lowest BCUT2D eigenvalue weighted by molar-refractivity contribution is -0.117. The van der Waals surface area contributed by atoms with Crippen LogP contribution in [0.3, 0.4) is 0 Å². The molecule has 1 aromatic rings. The molecule has 0 atom stereocenters. The lowest BCUT2D eigenvalue weighted by Gasteiger charge is -2.08. The van der Waals surface area contributed by atoms with E-state index in [1.807, 2.05) is 12.1 Å². The Morgan fingerprint density at radius 1 is 1.24 bits per heavy atom. The van der Waals surface area contributed by atoms with Crippen LogP contribution in [0.1, 0.15) is 25.3 Å². The van der Waals surface area contributed by atoms with E-state index in [2.05, 4.69) is 24.5 Å². The zero-order valence-corrected chi connectivity index (χ0v) is 10.5. The molecule has 0 saturated carbocycles. The van der Waals surface area contributed by atoms with Gasteiger partial charge >= 0.3 is 6.03 Å². The number of nitrogens with one attached hydrogen (secondary N) is 2. The van der Waals surface area contributed by atoms with E-state index in [1.165, 1.54) is 5.56 Å².